The summed E-state index contributed by atoms with van der Waals surface area (Å²) in [5.74, 6) is 0.155. The number of aryl methyl sites for hydroxylation is 2. The highest BCUT2D eigenvalue weighted by atomic mass is 32.2. The molecule has 1 aromatic carbocycles. The number of nitrogens with one attached hydrogen (secondary N) is 1. The molecule has 2 fully saturated rings. The van der Waals surface area contributed by atoms with E-state index in [1.807, 2.05) is 30.9 Å². The smallest absolute Gasteiger partial charge is 0.277 e. The summed E-state index contributed by atoms with van der Waals surface area (Å²) >= 11 is 0. The zero-order valence-corrected chi connectivity index (χ0v) is 17.5. The fraction of sp³-hybridized carbons (Fsp3) is 0.650. The molecule has 27 heavy (non-hydrogen) atoms. The Labute approximate surface area is 163 Å². The number of amides is 1. The first kappa shape index (κ1) is 20.3. The molecule has 0 saturated carbocycles. The van der Waals surface area contributed by atoms with Gasteiger partial charge in [-0.25, -0.2) is 8.42 Å². The number of benzene rings is 1. The SMILES string of the molecule is Cc1ccc(S(=O)(=O)N2CCN(C(=O)C[NH+]3CCCC[C@@H]3C)CC2)c(C)c1. The number of likely N-dealkylation sites (tertiary alicyclic amines) is 1. The molecule has 150 valence electrons. The number of quaternary nitrogens is 1. The van der Waals surface area contributed by atoms with Crippen LogP contribution in [-0.2, 0) is 14.8 Å². The van der Waals surface area contributed by atoms with Crippen molar-refractivity contribution in [1.82, 2.24) is 9.21 Å². The van der Waals surface area contributed by atoms with E-state index < -0.39 is 10.0 Å². The van der Waals surface area contributed by atoms with Crippen molar-refractivity contribution in [2.24, 2.45) is 0 Å². The third-order valence-corrected chi connectivity index (χ3v) is 8.06. The molecule has 0 bridgehead atoms. The van der Waals surface area contributed by atoms with Crippen LogP contribution in [0.2, 0.25) is 0 Å². The summed E-state index contributed by atoms with van der Waals surface area (Å²) in [4.78, 5) is 16.2. The summed E-state index contributed by atoms with van der Waals surface area (Å²) in [6.45, 7) is 9.30. The lowest BCUT2D eigenvalue weighted by Gasteiger charge is -2.36. The second kappa shape index (κ2) is 8.29. The normalized spacial score (nSPS) is 24.8. The van der Waals surface area contributed by atoms with Gasteiger partial charge in [0.2, 0.25) is 10.0 Å². The zero-order valence-electron chi connectivity index (χ0n) is 16.7. The van der Waals surface area contributed by atoms with E-state index in [0.29, 0.717) is 43.7 Å². The Morgan fingerprint density at radius 3 is 2.48 bits per heavy atom. The number of piperazine rings is 1. The van der Waals surface area contributed by atoms with Crippen LogP contribution in [0.4, 0.5) is 0 Å². The quantitative estimate of drug-likeness (QED) is 0.813. The number of nitrogens with zero attached hydrogens (tertiary/aromatic N) is 2. The van der Waals surface area contributed by atoms with Crippen molar-refractivity contribution < 1.29 is 18.1 Å². The van der Waals surface area contributed by atoms with Gasteiger partial charge in [-0.05, 0) is 51.7 Å². The fourth-order valence-corrected chi connectivity index (χ4v) is 5.86. The Bertz CT molecular complexity index is 786. The molecule has 1 N–H and O–H groups in total. The molecule has 2 saturated heterocycles. The standard InChI is InChI=1S/C20H31N3O3S/c1-16-7-8-19(17(2)14-16)27(25,26)23-12-10-21(11-13-23)20(24)15-22-9-5-4-6-18(22)3/h7-8,14,18H,4-6,9-13,15H2,1-3H3/p+1/t18-/m0/s1. The molecule has 0 aromatic heterocycles. The second-order valence-corrected chi connectivity index (χ2v) is 9.94. The highest BCUT2D eigenvalue weighted by Crippen LogP contribution is 2.22. The van der Waals surface area contributed by atoms with Gasteiger partial charge >= 0.3 is 0 Å². The lowest BCUT2D eigenvalue weighted by Crippen LogP contribution is -3.17. The molecule has 7 heteroatoms. The van der Waals surface area contributed by atoms with Crippen molar-refractivity contribution in [2.75, 3.05) is 39.3 Å². The van der Waals surface area contributed by atoms with Gasteiger partial charge in [-0.2, -0.15) is 4.31 Å². The number of hydrogen-bond acceptors (Lipinski definition) is 3. The van der Waals surface area contributed by atoms with Gasteiger partial charge in [-0.3, -0.25) is 4.79 Å². The topological polar surface area (TPSA) is 62.1 Å². The summed E-state index contributed by atoms with van der Waals surface area (Å²) in [5.41, 5.74) is 1.83. The van der Waals surface area contributed by atoms with Crippen LogP contribution in [0.25, 0.3) is 0 Å². The predicted molar refractivity (Wildman–Crippen MR) is 105 cm³/mol. The van der Waals surface area contributed by atoms with Gasteiger partial charge in [0.05, 0.1) is 17.5 Å². The van der Waals surface area contributed by atoms with Crippen LogP contribution in [0.5, 0.6) is 0 Å². The molecule has 3 rings (SSSR count). The minimum absolute atomic E-state index is 0.155. The molecule has 2 aliphatic rings. The average molecular weight is 395 g/mol. The van der Waals surface area contributed by atoms with Crippen LogP contribution in [0, 0.1) is 13.8 Å². The summed E-state index contributed by atoms with van der Waals surface area (Å²) in [6, 6.07) is 5.96. The Morgan fingerprint density at radius 2 is 1.85 bits per heavy atom. The van der Waals surface area contributed by atoms with Gasteiger partial charge in [0.1, 0.15) is 0 Å². The van der Waals surface area contributed by atoms with E-state index in [2.05, 4.69) is 6.92 Å². The van der Waals surface area contributed by atoms with E-state index in [9.17, 15) is 13.2 Å². The average Bonchev–Trinajstić information content (AvgIpc) is 2.63. The zero-order chi connectivity index (χ0) is 19.6. The van der Waals surface area contributed by atoms with Gasteiger partial charge in [-0.15, -0.1) is 0 Å². The van der Waals surface area contributed by atoms with E-state index in [1.165, 1.54) is 28.5 Å². The van der Waals surface area contributed by atoms with Crippen molar-refractivity contribution in [3.63, 3.8) is 0 Å². The largest absolute Gasteiger partial charge is 0.335 e. The number of piperidine rings is 1. The van der Waals surface area contributed by atoms with Crippen LogP contribution in [-0.4, -0.2) is 68.8 Å². The summed E-state index contributed by atoms with van der Waals surface area (Å²) in [6.07, 6.45) is 3.63. The first-order chi connectivity index (χ1) is 12.8. The summed E-state index contributed by atoms with van der Waals surface area (Å²) in [5, 5.41) is 0. The van der Waals surface area contributed by atoms with Gasteiger partial charge in [0.25, 0.3) is 5.91 Å². The van der Waals surface area contributed by atoms with E-state index in [0.717, 1.165) is 17.7 Å². The van der Waals surface area contributed by atoms with Crippen LogP contribution in [0.1, 0.15) is 37.3 Å². The number of carbonyl (C=O) groups excluding carboxylic acids is 1. The van der Waals surface area contributed by atoms with E-state index in [1.54, 1.807) is 6.07 Å². The molecule has 2 atom stereocenters. The second-order valence-electron chi connectivity index (χ2n) is 8.04. The minimum Gasteiger partial charge on any atom is -0.335 e. The van der Waals surface area contributed by atoms with Crippen LogP contribution >= 0.6 is 0 Å². The van der Waals surface area contributed by atoms with Crippen LogP contribution in [0.3, 0.4) is 0 Å². The monoisotopic (exact) mass is 394 g/mol. The molecule has 1 amide bonds. The van der Waals surface area contributed by atoms with Crippen molar-refractivity contribution in [2.45, 2.75) is 51.0 Å². The maximum Gasteiger partial charge on any atom is 0.277 e. The Morgan fingerprint density at radius 1 is 1.15 bits per heavy atom. The number of rotatable bonds is 4. The molecule has 1 aromatic rings. The molecule has 0 spiro atoms. The number of hydrogen-bond donors (Lipinski definition) is 1. The van der Waals surface area contributed by atoms with E-state index >= 15 is 0 Å². The maximum absolute atomic E-state index is 13.0. The highest BCUT2D eigenvalue weighted by Gasteiger charge is 2.33. The predicted octanol–water partition coefficient (Wildman–Crippen LogP) is 0.594. The van der Waals surface area contributed by atoms with Gasteiger partial charge in [-0.1, -0.05) is 17.7 Å². The van der Waals surface area contributed by atoms with E-state index in [-0.39, 0.29) is 5.91 Å². The minimum atomic E-state index is -3.50. The number of sulfonamides is 1. The maximum atomic E-state index is 13.0. The molecular formula is C20H32N3O3S+. The lowest BCUT2D eigenvalue weighted by atomic mass is 10.0. The molecule has 0 radical (unpaired) electrons. The number of carbonyl (C=O) groups is 1. The van der Waals surface area contributed by atoms with Gasteiger partial charge in [0, 0.05) is 26.2 Å². The Kier molecular flexibility index (Phi) is 6.23. The van der Waals surface area contributed by atoms with Crippen molar-refractivity contribution in [3.8, 4) is 0 Å². The van der Waals surface area contributed by atoms with Crippen LogP contribution in [0.15, 0.2) is 23.1 Å². The first-order valence-electron chi connectivity index (χ1n) is 9.99. The molecule has 2 aliphatic heterocycles. The van der Waals surface area contributed by atoms with Crippen molar-refractivity contribution >= 4 is 15.9 Å². The fourth-order valence-electron chi connectivity index (χ4n) is 4.23. The first-order valence-corrected chi connectivity index (χ1v) is 11.4. The van der Waals surface area contributed by atoms with Crippen molar-refractivity contribution in [1.29, 1.82) is 0 Å². The van der Waals surface area contributed by atoms with Crippen LogP contribution < -0.4 is 4.90 Å². The highest BCUT2D eigenvalue weighted by molar-refractivity contribution is 7.89. The third kappa shape index (κ3) is 4.52. The molecule has 0 aliphatic carbocycles. The molecular weight excluding hydrogens is 362 g/mol. The molecule has 6 nitrogen and oxygen atoms in total. The van der Waals surface area contributed by atoms with Crippen molar-refractivity contribution in [3.05, 3.63) is 29.3 Å². The summed E-state index contributed by atoms with van der Waals surface area (Å²) < 4.78 is 27.5. The summed E-state index contributed by atoms with van der Waals surface area (Å²) in [7, 11) is -3.50. The lowest BCUT2D eigenvalue weighted by molar-refractivity contribution is -0.921. The Hall–Kier alpha value is -1.44. The van der Waals surface area contributed by atoms with Gasteiger partial charge in [0.15, 0.2) is 6.54 Å². The molecule has 1 unspecified atom stereocenters. The third-order valence-electron chi connectivity index (χ3n) is 6.00. The van der Waals surface area contributed by atoms with E-state index in [4.69, 9.17) is 0 Å². The van der Waals surface area contributed by atoms with Gasteiger partial charge < -0.3 is 9.80 Å². The molecule has 2 heterocycles. The Balaban J connectivity index is 1.60.